The Hall–Kier alpha value is -1.29. The van der Waals surface area contributed by atoms with Gasteiger partial charge in [-0.15, -0.1) is 0 Å². The van der Waals surface area contributed by atoms with Gasteiger partial charge in [-0.3, -0.25) is 4.79 Å². The van der Waals surface area contributed by atoms with Crippen LogP contribution in [0.5, 0.6) is 0 Å². The summed E-state index contributed by atoms with van der Waals surface area (Å²) in [4.78, 5) is 16.2. The van der Waals surface area contributed by atoms with Crippen LogP contribution in [0.1, 0.15) is 49.9 Å². The van der Waals surface area contributed by atoms with E-state index in [1.54, 1.807) is 13.1 Å². The average Bonchev–Trinajstić information content (AvgIpc) is 2.47. The molecular weight excluding hydrogens is 274 g/mol. The van der Waals surface area contributed by atoms with Crippen LogP contribution in [0.25, 0.3) is 0 Å². The standard InChI is InChI=1S/C15H24ClN3O/c1-4-6-7-11(5-2)9-19-15(20)12-8-14(17-3)18-10-13(12)16/h8,10-11H,4-7,9H2,1-3H3,(H,17,18)(H,19,20). The summed E-state index contributed by atoms with van der Waals surface area (Å²) in [6.07, 6.45) is 6.11. The maximum absolute atomic E-state index is 12.2. The molecule has 0 bridgehead atoms. The van der Waals surface area contributed by atoms with Gasteiger partial charge in [-0.1, -0.05) is 44.7 Å². The SMILES string of the molecule is CCCCC(CC)CNC(=O)c1cc(NC)ncc1Cl. The van der Waals surface area contributed by atoms with Crippen molar-refractivity contribution in [2.45, 2.75) is 39.5 Å². The van der Waals surface area contributed by atoms with E-state index in [1.165, 1.54) is 19.0 Å². The van der Waals surface area contributed by atoms with Crippen LogP contribution in [0.2, 0.25) is 5.02 Å². The fourth-order valence-corrected chi connectivity index (χ4v) is 2.21. The van der Waals surface area contributed by atoms with Crippen LogP contribution in [0.4, 0.5) is 5.82 Å². The van der Waals surface area contributed by atoms with E-state index in [0.29, 0.717) is 28.9 Å². The van der Waals surface area contributed by atoms with E-state index in [4.69, 9.17) is 11.6 Å². The fraction of sp³-hybridized carbons (Fsp3) is 0.600. The molecule has 20 heavy (non-hydrogen) atoms. The van der Waals surface area contributed by atoms with E-state index in [0.717, 1.165) is 12.8 Å². The van der Waals surface area contributed by atoms with Gasteiger partial charge in [0.25, 0.3) is 5.91 Å². The number of amides is 1. The number of aromatic nitrogens is 1. The first-order valence-corrected chi connectivity index (χ1v) is 7.61. The van der Waals surface area contributed by atoms with Crippen molar-refractivity contribution in [2.24, 2.45) is 5.92 Å². The van der Waals surface area contributed by atoms with Crippen LogP contribution in [0.3, 0.4) is 0 Å². The second-order valence-corrected chi connectivity index (χ2v) is 5.33. The zero-order valence-electron chi connectivity index (χ0n) is 12.5. The Balaban J connectivity index is 2.61. The van der Waals surface area contributed by atoms with Crippen LogP contribution in [-0.2, 0) is 0 Å². The Morgan fingerprint density at radius 2 is 2.20 bits per heavy atom. The summed E-state index contributed by atoms with van der Waals surface area (Å²) in [7, 11) is 1.76. The normalized spacial score (nSPS) is 12.0. The summed E-state index contributed by atoms with van der Waals surface area (Å²) in [5.41, 5.74) is 0.469. The molecule has 0 aromatic carbocycles. The van der Waals surface area contributed by atoms with Gasteiger partial charge >= 0.3 is 0 Å². The molecule has 112 valence electrons. The van der Waals surface area contributed by atoms with Gasteiger partial charge < -0.3 is 10.6 Å². The minimum Gasteiger partial charge on any atom is -0.373 e. The third kappa shape index (κ3) is 5.00. The number of pyridine rings is 1. The van der Waals surface area contributed by atoms with Crippen LogP contribution in [-0.4, -0.2) is 24.5 Å². The number of hydrogen-bond acceptors (Lipinski definition) is 3. The average molecular weight is 298 g/mol. The molecule has 1 aromatic heterocycles. The highest BCUT2D eigenvalue weighted by atomic mass is 35.5. The number of nitrogens with one attached hydrogen (secondary N) is 2. The summed E-state index contributed by atoms with van der Waals surface area (Å²) >= 11 is 6.03. The Morgan fingerprint density at radius 1 is 1.45 bits per heavy atom. The number of carbonyl (C=O) groups excluding carboxylic acids is 1. The van der Waals surface area contributed by atoms with Crippen molar-refractivity contribution in [3.63, 3.8) is 0 Å². The molecule has 0 saturated carbocycles. The molecule has 1 heterocycles. The molecule has 1 unspecified atom stereocenters. The first-order chi connectivity index (χ1) is 9.62. The van der Waals surface area contributed by atoms with Crippen molar-refractivity contribution >= 4 is 23.3 Å². The first-order valence-electron chi connectivity index (χ1n) is 7.23. The molecule has 1 aromatic rings. The highest BCUT2D eigenvalue weighted by Gasteiger charge is 2.13. The van der Waals surface area contributed by atoms with Crippen molar-refractivity contribution < 1.29 is 4.79 Å². The molecule has 2 N–H and O–H groups in total. The van der Waals surface area contributed by atoms with E-state index in [-0.39, 0.29) is 5.91 Å². The lowest BCUT2D eigenvalue weighted by atomic mass is 9.99. The summed E-state index contributed by atoms with van der Waals surface area (Å²) in [5, 5.41) is 6.25. The summed E-state index contributed by atoms with van der Waals surface area (Å²) < 4.78 is 0. The fourth-order valence-electron chi connectivity index (χ4n) is 2.02. The molecule has 0 spiro atoms. The molecule has 0 aliphatic rings. The van der Waals surface area contributed by atoms with Gasteiger partial charge in [-0.25, -0.2) is 4.98 Å². The highest BCUT2D eigenvalue weighted by Crippen LogP contribution is 2.18. The molecule has 0 radical (unpaired) electrons. The molecule has 0 aliphatic carbocycles. The van der Waals surface area contributed by atoms with E-state index in [2.05, 4.69) is 29.5 Å². The van der Waals surface area contributed by atoms with Crippen molar-refractivity contribution in [2.75, 3.05) is 18.9 Å². The Morgan fingerprint density at radius 3 is 2.80 bits per heavy atom. The maximum Gasteiger partial charge on any atom is 0.252 e. The first kappa shape index (κ1) is 16.8. The monoisotopic (exact) mass is 297 g/mol. The predicted molar refractivity (Wildman–Crippen MR) is 84.4 cm³/mol. The van der Waals surface area contributed by atoms with Gasteiger partial charge in [0, 0.05) is 19.8 Å². The van der Waals surface area contributed by atoms with E-state index in [1.807, 2.05) is 0 Å². The molecule has 0 aliphatic heterocycles. The van der Waals surface area contributed by atoms with E-state index >= 15 is 0 Å². The Bertz CT molecular complexity index is 437. The van der Waals surface area contributed by atoms with Crippen molar-refractivity contribution in [1.82, 2.24) is 10.3 Å². The third-order valence-corrected chi connectivity index (χ3v) is 3.75. The lowest BCUT2D eigenvalue weighted by Gasteiger charge is -2.15. The zero-order chi connectivity index (χ0) is 15.0. The maximum atomic E-state index is 12.2. The van der Waals surface area contributed by atoms with Gasteiger partial charge in [-0.05, 0) is 18.4 Å². The van der Waals surface area contributed by atoms with Gasteiger partial charge in [-0.2, -0.15) is 0 Å². The Kier molecular flexibility index (Phi) is 7.37. The number of carbonyl (C=O) groups is 1. The van der Waals surface area contributed by atoms with E-state index in [9.17, 15) is 4.79 Å². The summed E-state index contributed by atoms with van der Waals surface area (Å²) in [6.45, 7) is 5.04. The second-order valence-electron chi connectivity index (χ2n) is 4.93. The molecule has 1 atom stereocenters. The quantitative estimate of drug-likeness (QED) is 0.769. The molecule has 5 heteroatoms. The predicted octanol–water partition coefficient (Wildman–Crippen LogP) is 3.72. The minimum absolute atomic E-state index is 0.135. The number of anilines is 1. The summed E-state index contributed by atoms with van der Waals surface area (Å²) in [5.74, 6) is 1.03. The highest BCUT2D eigenvalue weighted by molar-refractivity contribution is 6.33. The number of halogens is 1. The smallest absolute Gasteiger partial charge is 0.252 e. The Labute approximate surface area is 126 Å². The number of rotatable bonds is 8. The second kappa shape index (κ2) is 8.80. The van der Waals surface area contributed by atoms with Crippen LogP contribution in [0.15, 0.2) is 12.3 Å². The minimum atomic E-state index is -0.135. The third-order valence-electron chi connectivity index (χ3n) is 3.45. The van der Waals surface area contributed by atoms with Gasteiger partial charge in [0.15, 0.2) is 0 Å². The van der Waals surface area contributed by atoms with Gasteiger partial charge in [0.2, 0.25) is 0 Å². The molecular formula is C15H24ClN3O. The molecule has 1 amide bonds. The largest absolute Gasteiger partial charge is 0.373 e. The van der Waals surface area contributed by atoms with Crippen molar-refractivity contribution in [1.29, 1.82) is 0 Å². The number of unbranched alkanes of at least 4 members (excludes halogenated alkanes) is 1. The van der Waals surface area contributed by atoms with Gasteiger partial charge in [0.1, 0.15) is 5.82 Å². The molecule has 1 rings (SSSR count). The zero-order valence-corrected chi connectivity index (χ0v) is 13.3. The topological polar surface area (TPSA) is 54.0 Å². The van der Waals surface area contributed by atoms with Crippen LogP contribution in [0, 0.1) is 5.92 Å². The molecule has 4 nitrogen and oxygen atoms in total. The van der Waals surface area contributed by atoms with Crippen molar-refractivity contribution in [3.8, 4) is 0 Å². The lowest BCUT2D eigenvalue weighted by Crippen LogP contribution is -2.29. The van der Waals surface area contributed by atoms with Crippen molar-refractivity contribution in [3.05, 3.63) is 22.8 Å². The lowest BCUT2D eigenvalue weighted by molar-refractivity contribution is 0.0946. The van der Waals surface area contributed by atoms with E-state index < -0.39 is 0 Å². The summed E-state index contributed by atoms with van der Waals surface area (Å²) in [6, 6.07) is 1.67. The number of hydrogen-bond donors (Lipinski definition) is 2. The number of nitrogens with zero attached hydrogens (tertiary/aromatic N) is 1. The molecule has 0 fully saturated rings. The van der Waals surface area contributed by atoms with Crippen LogP contribution >= 0.6 is 11.6 Å². The van der Waals surface area contributed by atoms with Crippen LogP contribution < -0.4 is 10.6 Å². The van der Waals surface area contributed by atoms with Gasteiger partial charge in [0.05, 0.1) is 10.6 Å². The molecule has 0 saturated heterocycles.